The standard InChI is InChI=1S/C17H14F3N3O3/c18-17(19,20)10-22(8-12-4-3-7-26-12)15(24)9-23-11-21-14-6-2-1-5-13(14)16(23)25/h1-7,11H,8-10H2. The molecule has 1 amide bonds. The van der Waals surface area contributed by atoms with Crippen LogP contribution in [0.25, 0.3) is 10.9 Å². The van der Waals surface area contributed by atoms with Gasteiger partial charge in [-0.1, -0.05) is 12.1 Å². The Morgan fingerprint density at radius 1 is 1.19 bits per heavy atom. The summed E-state index contributed by atoms with van der Waals surface area (Å²) in [6.45, 7) is -2.34. The molecule has 6 nitrogen and oxygen atoms in total. The van der Waals surface area contributed by atoms with E-state index in [0.29, 0.717) is 10.4 Å². The van der Waals surface area contributed by atoms with E-state index in [0.717, 1.165) is 10.9 Å². The van der Waals surface area contributed by atoms with Gasteiger partial charge in [-0.2, -0.15) is 13.2 Å². The predicted octanol–water partition coefficient (Wildman–Crippen LogP) is 2.58. The lowest BCUT2D eigenvalue weighted by Crippen LogP contribution is -2.41. The van der Waals surface area contributed by atoms with Crippen molar-refractivity contribution in [2.75, 3.05) is 6.54 Å². The fraction of sp³-hybridized carbons (Fsp3) is 0.235. The first-order valence-corrected chi connectivity index (χ1v) is 7.64. The third-order valence-electron chi connectivity index (χ3n) is 3.69. The maximum Gasteiger partial charge on any atom is 0.406 e. The van der Waals surface area contributed by atoms with Gasteiger partial charge < -0.3 is 9.32 Å². The van der Waals surface area contributed by atoms with Gasteiger partial charge in [0.25, 0.3) is 5.56 Å². The summed E-state index contributed by atoms with van der Waals surface area (Å²) in [6, 6.07) is 9.52. The number of nitrogens with zero attached hydrogens (tertiary/aromatic N) is 3. The molecule has 26 heavy (non-hydrogen) atoms. The highest BCUT2D eigenvalue weighted by Gasteiger charge is 2.33. The third kappa shape index (κ3) is 4.11. The fourth-order valence-electron chi connectivity index (χ4n) is 2.50. The summed E-state index contributed by atoms with van der Waals surface area (Å²) in [4.78, 5) is 29.5. The molecule has 0 N–H and O–H groups in total. The van der Waals surface area contributed by atoms with Gasteiger partial charge in [-0.25, -0.2) is 4.98 Å². The summed E-state index contributed by atoms with van der Waals surface area (Å²) in [5.41, 5.74) is -0.0437. The predicted molar refractivity (Wildman–Crippen MR) is 86.2 cm³/mol. The van der Waals surface area contributed by atoms with Crippen LogP contribution in [-0.2, 0) is 17.9 Å². The van der Waals surface area contributed by atoms with Crippen LogP contribution in [0.15, 0.2) is 58.2 Å². The number of para-hydroxylation sites is 1. The molecule has 0 spiro atoms. The lowest BCUT2D eigenvalue weighted by molar-refractivity contribution is -0.163. The Labute approximate surface area is 145 Å². The average molecular weight is 365 g/mol. The Hall–Kier alpha value is -3.10. The van der Waals surface area contributed by atoms with Crippen LogP contribution >= 0.6 is 0 Å². The molecule has 0 aliphatic rings. The highest BCUT2D eigenvalue weighted by atomic mass is 19.4. The van der Waals surface area contributed by atoms with Crippen LogP contribution in [0, 0.1) is 0 Å². The van der Waals surface area contributed by atoms with Gasteiger partial charge >= 0.3 is 6.18 Å². The van der Waals surface area contributed by atoms with Crippen LogP contribution < -0.4 is 5.56 Å². The molecule has 2 heterocycles. The number of benzene rings is 1. The van der Waals surface area contributed by atoms with E-state index in [-0.39, 0.29) is 17.7 Å². The minimum atomic E-state index is -4.57. The van der Waals surface area contributed by atoms with E-state index in [1.807, 2.05) is 0 Å². The first-order chi connectivity index (χ1) is 12.3. The van der Waals surface area contributed by atoms with Crippen LogP contribution in [0.5, 0.6) is 0 Å². The fourth-order valence-corrected chi connectivity index (χ4v) is 2.50. The van der Waals surface area contributed by atoms with E-state index >= 15 is 0 Å². The molecule has 0 fully saturated rings. The smallest absolute Gasteiger partial charge is 0.406 e. The second kappa shape index (κ2) is 7.03. The van der Waals surface area contributed by atoms with Crippen LogP contribution in [-0.4, -0.2) is 33.1 Å². The van der Waals surface area contributed by atoms with Crippen LogP contribution in [0.1, 0.15) is 5.76 Å². The van der Waals surface area contributed by atoms with Crippen molar-refractivity contribution in [2.45, 2.75) is 19.3 Å². The number of rotatable bonds is 5. The van der Waals surface area contributed by atoms with Gasteiger partial charge in [-0.15, -0.1) is 0 Å². The number of halogens is 3. The minimum Gasteiger partial charge on any atom is -0.467 e. The third-order valence-corrected chi connectivity index (χ3v) is 3.69. The molecule has 0 radical (unpaired) electrons. The maximum atomic E-state index is 12.8. The summed E-state index contributed by atoms with van der Waals surface area (Å²) < 4.78 is 44.5. The van der Waals surface area contributed by atoms with Crippen molar-refractivity contribution in [2.24, 2.45) is 0 Å². The first-order valence-electron chi connectivity index (χ1n) is 7.64. The normalized spacial score (nSPS) is 11.7. The Kier molecular flexibility index (Phi) is 4.79. The minimum absolute atomic E-state index is 0.214. The monoisotopic (exact) mass is 365 g/mol. The lowest BCUT2D eigenvalue weighted by Gasteiger charge is -2.23. The largest absolute Gasteiger partial charge is 0.467 e. The zero-order valence-corrected chi connectivity index (χ0v) is 13.4. The Balaban J connectivity index is 1.85. The van der Waals surface area contributed by atoms with E-state index < -0.39 is 30.7 Å². The molecule has 0 unspecified atom stereocenters. The summed E-state index contributed by atoms with van der Waals surface area (Å²) in [5.74, 6) is -0.649. The van der Waals surface area contributed by atoms with Gasteiger partial charge in [-0.05, 0) is 24.3 Å². The summed E-state index contributed by atoms with van der Waals surface area (Å²) in [5, 5.41) is 0.288. The first kappa shape index (κ1) is 17.7. The zero-order chi connectivity index (χ0) is 18.7. The van der Waals surface area contributed by atoms with E-state index in [9.17, 15) is 22.8 Å². The second-order valence-electron chi connectivity index (χ2n) is 5.64. The molecule has 9 heteroatoms. The van der Waals surface area contributed by atoms with Crippen molar-refractivity contribution in [1.82, 2.24) is 14.5 Å². The van der Waals surface area contributed by atoms with E-state index in [1.165, 1.54) is 18.4 Å². The molecule has 3 aromatic rings. The van der Waals surface area contributed by atoms with Crippen molar-refractivity contribution < 1.29 is 22.4 Å². The van der Waals surface area contributed by atoms with Crippen molar-refractivity contribution in [3.05, 3.63) is 65.1 Å². The van der Waals surface area contributed by atoms with E-state index in [2.05, 4.69) is 4.98 Å². The van der Waals surface area contributed by atoms with Gasteiger partial charge in [0.15, 0.2) is 0 Å². The van der Waals surface area contributed by atoms with Crippen molar-refractivity contribution in [1.29, 1.82) is 0 Å². The van der Waals surface area contributed by atoms with Gasteiger partial charge in [0.1, 0.15) is 18.8 Å². The van der Waals surface area contributed by atoms with E-state index in [1.54, 1.807) is 24.3 Å². The van der Waals surface area contributed by atoms with Crippen LogP contribution in [0.3, 0.4) is 0 Å². The number of aromatic nitrogens is 2. The number of carbonyl (C=O) groups excluding carboxylic acids is 1. The maximum absolute atomic E-state index is 12.8. The summed E-state index contributed by atoms with van der Waals surface area (Å²) in [6.07, 6.45) is -2.11. The molecule has 2 aromatic heterocycles. The molecule has 0 atom stereocenters. The molecule has 3 rings (SSSR count). The van der Waals surface area contributed by atoms with Crippen LogP contribution in [0.4, 0.5) is 13.2 Å². The molecular formula is C17H14F3N3O3. The number of hydrogen-bond acceptors (Lipinski definition) is 4. The number of hydrogen-bond donors (Lipinski definition) is 0. The number of alkyl halides is 3. The van der Waals surface area contributed by atoms with Crippen LogP contribution in [0.2, 0.25) is 0 Å². The number of amides is 1. The molecule has 1 aromatic carbocycles. The number of furan rings is 1. The summed E-state index contributed by atoms with van der Waals surface area (Å²) in [7, 11) is 0. The number of carbonyl (C=O) groups is 1. The molecule has 0 bridgehead atoms. The molecule has 0 saturated heterocycles. The lowest BCUT2D eigenvalue weighted by atomic mass is 10.2. The molecule has 0 aliphatic heterocycles. The molecule has 0 aliphatic carbocycles. The Morgan fingerprint density at radius 2 is 1.96 bits per heavy atom. The van der Waals surface area contributed by atoms with E-state index in [4.69, 9.17) is 4.42 Å². The zero-order valence-electron chi connectivity index (χ0n) is 13.4. The summed E-state index contributed by atoms with van der Waals surface area (Å²) >= 11 is 0. The Bertz CT molecular complexity index is 965. The Morgan fingerprint density at radius 3 is 2.65 bits per heavy atom. The molecular weight excluding hydrogens is 351 g/mol. The quantitative estimate of drug-likeness (QED) is 0.697. The van der Waals surface area contributed by atoms with Gasteiger partial charge in [0.05, 0.1) is 30.0 Å². The van der Waals surface area contributed by atoms with Crippen molar-refractivity contribution in [3.8, 4) is 0 Å². The second-order valence-corrected chi connectivity index (χ2v) is 5.64. The van der Waals surface area contributed by atoms with Gasteiger partial charge in [0.2, 0.25) is 5.91 Å². The number of fused-ring (bicyclic) bond motifs is 1. The molecule has 136 valence electrons. The SMILES string of the molecule is O=C(Cn1cnc2ccccc2c1=O)N(Cc1ccco1)CC(F)(F)F. The van der Waals surface area contributed by atoms with Crippen molar-refractivity contribution in [3.63, 3.8) is 0 Å². The average Bonchev–Trinajstić information content (AvgIpc) is 3.09. The van der Waals surface area contributed by atoms with Gasteiger partial charge in [-0.3, -0.25) is 14.2 Å². The highest BCUT2D eigenvalue weighted by Crippen LogP contribution is 2.19. The van der Waals surface area contributed by atoms with Crippen molar-refractivity contribution >= 4 is 16.8 Å². The topological polar surface area (TPSA) is 68.3 Å². The van der Waals surface area contributed by atoms with Gasteiger partial charge in [0, 0.05) is 0 Å². The molecule has 0 saturated carbocycles. The highest BCUT2D eigenvalue weighted by molar-refractivity contribution is 5.79.